The van der Waals surface area contributed by atoms with Gasteiger partial charge in [0.2, 0.25) is 0 Å². The average molecular weight is 430 g/mol. The molecule has 0 aliphatic carbocycles. The fourth-order valence-electron chi connectivity index (χ4n) is 4.18. The van der Waals surface area contributed by atoms with Gasteiger partial charge in [0, 0.05) is 12.8 Å². The van der Waals surface area contributed by atoms with Crippen LogP contribution in [0, 0.1) is 5.92 Å². The minimum Gasteiger partial charge on any atom is -0.457 e. The first kappa shape index (κ1) is 23.6. The Morgan fingerprint density at radius 2 is 1.70 bits per heavy atom. The zero-order valence-electron chi connectivity index (χ0n) is 18.5. The maximum Gasteiger partial charge on any atom is 0.303 e. The van der Waals surface area contributed by atoms with Crippen LogP contribution < -0.4 is 0 Å². The summed E-state index contributed by atoms with van der Waals surface area (Å²) < 4.78 is 41.1. The summed E-state index contributed by atoms with van der Waals surface area (Å²) in [6, 6.07) is 0. The molecule has 9 nitrogen and oxygen atoms in total. The Morgan fingerprint density at radius 3 is 2.33 bits per heavy atom. The number of hydrogen-bond donors (Lipinski definition) is 1. The van der Waals surface area contributed by atoms with Crippen LogP contribution in [0.1, 0.15) is 41.5 Å². The van der Waals surface area contributed by atoms with Crippen LogP contribution in [0.15, 0.2) is 12.7 Å². The van der Waals surface area contributed by atoms with Crippen LogP contribution >= 0.6 is 0 Å². The van der Waals surface area contributed by atoms with Crippen molar-refractivity contribution in [1.29, 1.82) is 0 Å². The van der Waals surface area contributed by atoms with Gasteiger partial charge in [-0.15, -0.1) is 6.58 Å². The molecular formula is C21H34O9. The third kappa shape index (κ3) is 4.88. The number of fused-ring (bicyclic) bond motifs is 1. The molecule has 3 saturated heterocycles. The number of carbonyl (C=O) groups is 1. The highest BCUT2D eigenvalue weighted by atomic mass is 16.8. The molecule has 172 valence electrons. The maximum atomic E-state index is 11.7. The summed E-state index contributed by atoms with van der Waals surface area (Å²) in [6.07, 6.45) is -4.75. The third-order valence-corrected chi connectivity index (χ3v) is 5.76. The van der Waals surface area contributed by atoms with Crippen molar-refractivity contribution in [3.63, 3.8) is 0 Å². The molecule has 0 spiro atoms. The fourth-order valence-corrected chi connectivity index (χ4v) is 4.18. The van der Waals surface area contributed by atoms with Gasteiger partial charge < -0.3 is 38.3 Å². The second-order valence-electron chi connectivity index (χ2n) is 8.63. The zero-order chi connectivity index (χ0) is 22.2. The molecule has 9 heteroatoms. The topological polar surface area (TPSA) is 102 Å². The predicted octanol–water partition coefficient (Wildman–Crippen LogP) is 1.51. The molecule has 0 aromatic carbocycles. The lowest BCUT2D eigenvalue weighted by Gasteiger charge is -2.46. The molecule has 0 bridgehead atoms. The van der Waals surface area contributed by atoms with Gasteiger partial charge in [-0.3, -0.25) is 4.79 Å². The summed E-state index contributed by atoms with van der Waals surface area (Å²) in [5.41, 5.74) is 0. The number of ether oxygens (including phenoxy) is 7. The third-order valence-electron chi connectivity index (χ3n) is 5.76. The van der Waals surface area contributed by atoms with E-state index in [0.717, 1.165) is 0 Å². The van der Waals surface area contributed by atoms with E-state index in [0.29, 0.717) is 0 Å². The Kier molecular flexibility index (Phi) is 7.23. The molecule has 1 N–H and O–H groups in total. The number of esters is 1. The molecule has 3 aliphatic heterocycles. The lowest BCUT2D eigenvalue weighted by molar-refractivity contribution is -0.344. The summed E-state index contributed by atoms with van der Waals surface area (Å²) >= 11 is 0. The molecule has 0 aromatic rings. The molecule has 0 radical (unpaired) electrons. The van der Waals surface area contributed by atoms with E-state index in [1.54, 1.807) is 13.0 Å². The highest BCUT2D eigenvalue weighted by Crippen LogP contribution is 2.41. The van der Waals surface area contributed by atoms with E-state index in [4.69, 9.17) is 33.2 Å². The molecule has 3 fully saturated rings. The molecule has 10 atom stereocenters. The molecule has 4 unspecified atom stereocenters. The van der Waals surface area contributed by atoms with Gasteiger partial charge in [0.1, 0.15) is 18.3 Å². The second-order valence-corrected chi connectivity index (χ2v) is 8.63. The van der Waals surface area contributed by atoms with E-state index in [-0.39, 0.29) is 24.7 Å². The quantitative estimate of drug-likeness (QED) is 0.496. The largest absolute Gasteiger partial charge is 0.457 e. The molecule has 0 amide bonds. The van der Waals surface area contributed by atoms with Crippen LogP contribution in [-0.4, -0.2) is 78.8 Å². The summed E-state index contributed by atoms with van der Waals surface area (Å²) in [7, 11) is 0. The van der Waals surface area contributed by atoms with Crippen LogP contribution in [-0.2, 0) is 38.0 Å². The highest BCUT2D eigenvalue weighted by Gasteiger charge is 2.56. The fraction of sp³-hybridized carbons (Fsp3) is 0.857. The van der Waals surface area contributed by atoms with Crippen molar-refractivity contribution in [3.05, 3.63) is 12.7 Å². The Labute approximate surface area is 177 Å². The first-order valence-corrected chi connectivity index (χ1v) is 10.4. The Bertz CT molecular complexity index is 624. The zero-order valence-corrected chi connectivity index (χ0v) is 18.5. The first-order chi connectivity index (χ1) is 14.0. The molecular weight excluding hydrogens is 396 g/mol. The van der Waals surface area contributed by atoms with E-state index in [2.05, 4.69) is 6.58 Å². The van der Waals surface area contributed by atoms with Gasteiger partial charge in [0.25, 0.3) is 0 Å². The number of hydrogen-bond acceptors (Lipinski definition) is 9. The Morgan fingerprint density at radius 1 is 1.07 bits per heavy atom. The minimum absolute atomic E-state index is 0.0862. The Hall–Kier alpha value is -1.07. The molecule has 3 aliphatic rings. The summed E-state index contributed by atoms with van der Waals surface area (Å²) in [6.45, 7) is 14.5. The van der Waals surface area contributed by atoms with Crippen molar-refractivity contribution < 1.29 is 43.1 Å². The van der Waals surface area contributed by atoms with Gasteiger partial charge in [-0.2, -0.15) is 0 Å². The van der Waals surface area contributed by atoms with E-state index >= 15 is 0 Å². The smallest absolute Gasteiger partial charge is 0.303 e. The average Bonchev–Trinajstić information content (AvgIpc) is 2.99. The minimum atomic E-state index is -1.22. The van der Waals surface area contributed by atoms with Crippen molar-refractivity contribution in [3.8, 4) is 0 Å². The lowest BCUT2D eigenvalue weighted by Crippen LogP contribution is -2.62. The van der Waals surface area contributed by atoms with Crippen molar-refractivity contribution >= 4 is 5.97 Å². The van der Waals surface area contributed by atoms with E-state index < -0.39 is 54.9 Å². The van der Waals surface area contributed by atoms with E-state index in [1.165, 1.54) is 6.92 Å². The molecule has 30 heavy (non-hydrogen) atoms. The van der Waals surface area contributed by atoms with Crippen LogP contribution in [0.2, 0.25) is 0 Å². The van der Waals surface area contributed by atoms with E-state index in [9.17, 15) is 9.90 Å². The van der Waals surface area contributed by atoms with Gasteiger partial charge in [-0.1, -0.05) is 13.0 Å². The van der Waals surface area contributed by atoms with Crippen LogP contribution in [0.4, 0.5) is 0 Å². The molecule has 3 rings (SSSR count). The predicted molar refractivity (Wildman–Crippen MR) is 104 cm³/mol. The van der Waals surface area contributed by atoms with Crippen molar-refractivity contribution in [2.24, 2.45) is 5.92 Å². The lowest BCUT2D eigenvalue weighted by atomic mass is 9.91. The van der Waals surface area contributed by atoms with E-state index in [1.807, 2.05) is 27.7 Å². The normalized spacial score (nSPS) is 45.6. The van der Waals surface area contributed by atoms with Gasteiger partial charge >= 0.3 is 5.97 Å². The van der Waals surface area contributed by atoms with Crippen molar-refractivity contribution in [2.45, 2.75) is 103 Å². The SMILES string of the molecule is C=CCO[C@H]1OC(C)[C@@H](OC(C)=O)C(O[C@@H]2OC(C)[C@H](C)[C@H]3OC(C)(C)OC23)[C@H]1O. The first-order valence-electron chi connectivity index (χ1n) is 10.4. The number of carbonyl (C=O) groups excluding carboxylic acids is 1. The number of rotatable bonds is 6. The second kappa shape index (κ2) is 9.20. The van der Waals surface area contributed by atoms with Crippen LogP contribution in [0.25, 0.3) is 0 Å². The summed E-state index contributed by atoms with van der Waals surface area (Å²) in [4.78, 5) is 11.7. The maximum absolute atomic E-state index is 11.7. The van der Waals surface area contributed by atoms with Gasteiger partial charge in [-0.25, -0.2) is 0 Å². The molecule has 3 heterocycles. The Balaban J connectivity index is 1.83. The van der Waals surface area contributed by atoms with Crippen molar-refractivity contribution in [2.75, 3.05) is 6.61 Å². The summed E-state index contributed by atoms with van der Waals surface area (Å²) in [5, 5.41) is 10.9. The van der Waals surface area contributed by atoms with Gasteiger partial charge in [0.05, 0.1) is 24.9 Å². The summed E-state index contributed by atoms with van der Waals surface area (Å²) in [5.74, 6) is -1.21. The number of aliphatic hydroxyl groups is 1. The number of aliphatic hydroxyl groups excluding tert-OH is 1. The molecule has 0 saturated carbocycles. The van der Waals surface area contributed by atoms with Crippen LogP contribution in [0.5, 0.6) is 0 Å². The van der Waals surface area contributed by atoms with Gasteiger partial charge in [-0.05, 0) is 27.7 Å². The molecule has 0 aromatic heterocycles. The van der Waals surface area contributed by atoms with Gasteiger partial charge in [0.15, 0.2) is 24.5 Å². The highest BCUT2D eigenvalue weighted by molar-refractivity contribution is 5.66. The van der Waals surface area contributed by atoms with Crippen molar-refractivity contribution in [1.82, 2.24) is 0 Å². The van der Waals surface area contributed by atoms with Crippen LogP contribution in [0.3, 0.4) is 0 Å². The monoisotopic (exact) mass is 430 g/mol. The standard InChI is InChI=1S/C21H34O9/c1-8-9-24-19-14(23)17(16(12(4)26-19)27-13(5)22)28-20-18-15(10(2)11(3)25-20)29-21(6,7)30-18/h8,10-12,14-20,23H,1,9H2,2-7H3/t10-,11?,12?,14+,15+,16+,17?,18?,19-,20-/m0/s1.